The molecule has 1 saturated heterocycles. The summed E-state index contributed by atoms with van der Waals surface area (Å²) in [7, 11) is 0. The first-order valence-corrected chi connectivity index (χ1v) is 8.62. The van der Waals surface area contributed by atoms with E-state index in [0.717, 1.165) is 18.8 Å². The third-order valence-electron chi connectivity index (χ3n) is 5.33. The van der Waals surface area contributed by atoms with Crippen LogP contribution in [0.4, 0.5) is 4.79 Å². The van der Waals surface area contributed by atoms with E-state index in [1.54, 1.807) is 0 Å². The Morgan fingerprint density at radius 1 is 1.09 bits per heavy atom. The summed E-state index contributed by atoms with van der Waals surface area (Å²) in [6, 6.07) is 0.236. The van der Waals surface area contributed by atoms with Gasteiger partial charge in [-0.1, -0.05) is 32.1 Å². The maximum atomic E-state index is 11.9. The number of hydrogen-bond acceptors (Lipinski definition) is 3. The fourth-order valence-corrected chi connectivity index (χ4v) is 3.96. The van der Waals surface area contributed by atoms with Crippen LogP contribution in [0.2, 0.25) is 0 Å². The molecule has 3 aliphatic rings. The molecule has 2 aliphatic carbocycles. The van der Waals surface area contributed by atoms with E-state index in [0.29, 0.717) is 24.9 Å². The Morgan fingerprint density at radius 2 is 1.86 bits per heavy atom. The third-order valence-corrected chi connectivity index (χ3v) is 5.33. The van der Waals surface area contributed by atoms with Gasteiger partial charge in [0.2, 0.25) is 5.91 Å². The average molecular weight is 309 g/mol. The van der Waals surface area contributed by atoms with Crippen LogP contribution in [0.1, 0.15) is 51.4 Å². The zero-order valence-corrected chi connectivity index (χ0v) is 13.1. The number of urea groups is 1. The van der Waals surface area contributed by atoms with Gasteiger partial charge < -0.3 is 21.1 Å². The van der Waals surface area contributed by atoms with Crippen molar-refractivity contribution < 1.29 is 14.3 Å². The number of rotatable bonds is 5. The van der Waals surface area contributed by atoms with Gasteiger partial charge in [0.25, 0.3) is 0 Å². The fourth-order valence-electron chi connectivity index (χ4n) is 3.96. The highest BCUT2D eigenvalue weighted by molar-refractivity contribution is 5.79. The lowest BCUT2D eigenvalue weighted by atomic mass is 9.85. The fraction of sp³-hybridized carbons (Fsp3) is 0.875. The first-order valence-electron chi connectivity index (χ1n) is 8.62. The number of amides is 3. The minimum Gasteiger partial charge on any atom is -0.367 e. The molecule has 6 heteroatoms. The van der Waals surface area contributed by atoms with Crippen LogP contribution in [-0.4, -0.2) is 36.7 Å². The molecule has 1 heterocycles. The summed E-state index contributed by atoms with van der Waals surface area (Å²) >= 11 is 0. The van der Waals surface area contributed by atoms with E-state index in [-0.39, 0.29) is 12.1 Å². The number of carbonyl (C=O) groups excluding carboxylic acids is 2. The van der Waals surface area contributed by atoms with Crippen LogP contribution < -0.4 is 16.4 Å². The number of hydrogen-bond donors (Lipinski definition) is 3. The molecule has 0 aromatic heterocycles. The summed E-state index contributed by atoms with van der Waals surface area (Å²) in [5.41, 5.74) is 5.21. The summed E-state index contributed by atoms with van der Waals surface area (Å²) < 4.78 is 5.49. The van der Waals surface area contributed by atoms with E-state index in [1.807, 2.05) is 0 Å². The Balaban J connectivity index is 1.31. The Bertz CT molecular complexity index is 423. The molecule has 22 heavy (non-hydrogen) atoms. The van der Waals surface area contributed by atoms with Crippen LogP contribution in [0.5, 0.6) is 0 Å². The summed E-state index contributed by atoms with van der Waals surface area (Å²) in [6.07, 6.45) is 8.67. The number of nitrogens with two attached hydrogens (primary N) is 1. The molecule has 0 bridgehead atoms. The van der Waals surface area contributed by atoms with Crippen LogP contribution in [0.25, 0.3) is 0 Å². The molecule has 3 amide bonds. The highest BCUT2D eigenvalue weighted by Gasteiger charge is 2.43. The molecule has 1 aliphatic heterocycles. The zero-order valence-electron chi connectivity index (χ0n) is 13.1. The predicted octanol–water partition coefficient (Wildman–Crippen LogP) is 1.29. The van der Waals surface area contributed by atoms with Crippen molar-refractivity contribution in [3.63, 3.8) is 0 Å². The maximum Gasteiger partial charge on any atom is 0.315 e. The zero-order chi connectivity index (χ0) is 15.5. The van der Waals surface area contributed by atoms with Crippen molar-refractivity contribution in [1.29, 1.82) is 0 Å². The van der Waals surface area contributed by atoms with Crippen molar-refractivity contribution in [3.8, 4) is 0 Å². The molecule has 3 fully saturated rings. The monoisotopic (exact) mass is 309 g/mol. The molecule has 6 nitrogen and oxygen atoms in total. The molecule has 4 N–H and O–H groups in total. The van der Waals surface area contributed by atoms with Crippen LogP contribution in [0.15, 0.2) is 0 Å². The van der Waals surface area contributed by atoms with Gasteiger partial charge in [-0.15, -0.1) is 0 Å². The number of primary amides is 1. The van der Waals surface area contributed by atoms with E-state index >= 15 is 0 Å². The molecule has 0 spiro atoms. The summed E-state index contributed by atoms with van der Waals surface area (Å²) in [6.45, 7) is 0.441. The second-order valence-electron chi connectivity index (χ2n) is 6.98. The summed E-state index contributed by atoms with van der Waals surface area (Å²) in [4.78, 5) is 22.9. The van der Waals surface area contributed by atoms with Crippen molar-refractivity contribution in [3.05, 3.63) is 0 Å². The quantitative estimate of drug-likeness (QED) is 0.714. The Labute approximate surface area is 131 Å². The predicted molar refractivity (Wildman–Crippen MR) is 82.1 cm³/mol. The van der Waals surface area contributed by atoms with E-state index in [2.05, 4.69) is 10.6 Å². The topological polar surface area (TPSA) is 93.5 Å². The Hall–Kier alpha value is -1.30. The first-order chi connectivity index (χ1) is 10.6. The largest absolute Gasteiger partial charge is 0.367 e. The minimum absolute atomic E-state index is 0.100. The molecule has 3 rings (SSSR count). The molecule has 0 radical (unpaired) electrons. The normalized spacial score (nSPS) is 35.1. The van der Waals surface area contributed by atoms with Gasteiger partial charge in [-0.05, 0) is 31.1 Å². The van der Waals surface area contributed by atoms with Gasteiger partial charge in [0.05, 0.1) is 6.10 Å². The molecule has 0 aromatic carbocycles. The van der Waals surface area contributed by atoms with Gasteiger partial charge in [-0.3, -0.25) is 4.79 Å². The van der Waals surface area contributed by atoms with Gasteiger partial charge in [-0.25, -0.2) is 4.79 Å². The highest BCUT2D eigenvalue weighted by atomic mass is 16.5. The van der Waals surface area contributed by atoms with Crippen molar-refractivity contribution >= 4 is 11.9 Å². The third kappa shape index (κ3) is 3.91. The molecule has 2 unspecified atom stereocenters. The molecule has 0 aromatic rings. The first kappa shape index (κ1) is 15.6. The molecule has 4 atom stereocenters. The maximum absolute atomic E-state index is 11.9. The van der Waals surface area contributed by atoms with Crippen molar-refractivity contribution in [2.24, 2.45) is 17.6 Å². The van der Waals surface area contributed by atoms with Gasteiger partial charge in [0, 0.05) is 12.6 Å². The van der Waals surface area contributed by atoms with Crippen LogP contribution in [0, 0.1) is 11.8 Å². The number of ether oxygens (including phenoxy) is 1. The second-order valence-corrected chi connectivity index (χ2v) is 6.98. The second kappa shape index (κ2) is 6.86. The van der Waals surface area contributed by atoms with Crippen LogP contribution in [-0.2, 0) is 9.53 Å². The van der Waals surface area contributed by atoms with E-state index in [4.69, 9.17) is 10.5 Å². The standard InChI is InChI=1S/C16H27N3O3/c17-15(20)14-7-6-11(22-14)9-18-16(21)19-13-8-12(13)10-4-2-1-3-5-10/h10-14H,1-9H2,(H2,17,20)(H2,18,19,21)/t11?,12-,13+,14?/m0/s1. The molecular weight excluding hydrogens is 282 g/mol. The van der Waals surface area contributed by atoms with Gasteiger partial charge in [0.1, 0.15) is 6.10 Å². The molecule has 2 saturated carbocycles. The minimum atomic E-state index is -0.492. The summed E-state index contributed by atoms with van der Waals surface area (Å²) in [5.74, 6) is 1.09. The number of carbonyl (C=O) groups is 2. The van der Waals surface area contributed by atoms with Crippen molar-refractivity contribution in [2.75, 3.05) is 6.54 Å². The van der Waals surface area contributed by atoms with E-state index in [1.165, 1.54) is 32.1 Å². The smallest absolute Gasteiger partial charge is 0.315 e. The lowest BCUT2D eigenvalue weighted by molar-refractivity contribution is -0.128. The lowest BCUT2D eigenvalue weighted by Crippen LogP contribution is -2.41. The number of nitrogens with one attached hydrogen (secondary N) is 2. The SMILES string of the molecule is NC(=O)C1CCC(CNC(=O)N[C@@H]2C[C@H]2C2CCCCC2)O1. The van der Waals surface area contributed by atoms with Crippen molar-refractivity contribution in [1.82, 2.24) is 10.6 Å². The van der Waals surface area contributed by atoms with Gasteiger partial charge in [-0.2, -0.15) is 0 Å². The van der Waals surface area contributed by atoms with Gasteiger partial charge >= 0.3 is 6.03 Å². The van der Waals surface area contributed by atoms with Crippen LogP contribution >= 0.6 is 0 Å². The molecule has 124 valence electrons. The average Bonchev–Trinajstić information content (AvgIpc) is 3.10. The van der Waals surface area contributed by atoms with Crippen molar-refractivity contribution in [2.45, 2.75) is 69.6 Å². The van der Waals surface area contributed by atoms with E-state index in [9.17, 15) is 9.59 Å². The summed E-state index contributed by atoms with van der Waals surface area (Å²) in [5, 5.41) is 5.91. The van der Waals surface area contributed by atoms with Gasteiger partial charge in [0.15, 0.2) is 0 Å². The van der Waals surface area contributed by atoms with E-state index < -0.39 is 12.0 Å². The Kier molecular flexibility index (Phi) is 4.86. The lowest BCUT2D eigenvalue weighted by Gasteiger charge is -2.21. The highest BCUT2D eigenvalue weighted by Crippen LogP contribution is 2.44. The Morgan fingerprint density at radius 3 is 2.55 bits per heavy atom. The molecular formula is C16H27N3O3. The van der Waals surface area contributed by atoms with Crippen LogP contribution in [0.3, 0.4) is 0 Å².